The number of benzene rings is 1. The summed E-state index contributed by atoms with van der Waals surface area (Å²) < 4.78 is 0. The molecule has 0 bridgehead atoms. The van der Waals surface area contributed by atoms with Crippen molar-refractivity contribution < 1.29 is 19.8 Å². The number of pyridine rings is 1. The minimum absolute atomic E-state index is 0.164. The zero-order valence-electron chi connectivity index (χ0n) is 12.0. The molecule has 1 aromatic heterocycles. The first-order chi connectivity index (χ1) is 11.4. The third-order valence-electron chi connectivity index (χ3n) is 3.56. The first kappa shape index (κ1) is 16.3. The second-order valence-corrected chi connectivity index (χ2v) is 5.91. The van der Waals surface area contributed by atoms with Crippen molar-refractivity contribution in [1.29, 1.82) is 0 Å². The molecule has 0 radical (unpaired) electrons. The van der Waals surface area contributed by atoms with E-state index in [0.717, 1.165) is 4.90 Å². The summed E-state index contributed by atoms with van der Waals surface area (Å²) in [5, 5.41) is 20.2. The molecule has 0 aliphatic carbocycles. The number of halogens is 2. The highest BCUT2D eigenvalue weighted by Gasteiger charge is 2.45. The maximum Gasteiger partial charge on any atom is 0.338 e. The summed E-state index contributed by atoms with van der Waals surface area (Å²) in [6.45, 7) is 0. The van der Waals surface area contributed by atoms with Crippen LogP contribution in [0.4, 0.5) is 5.82 Å². The molecule has 6 nitrogen and oxygen atoms in total. The van der Waals surface area contributed by atoms with E-state index in [4.69, 9.17) is 23.2 Å². The maximum absolute atomic E-state index is 12.4. The van der Waals surface area contributed by atoms with E-state index in [9.17, 15) is 19.8 Å². The van der Waals surface area contributed by atoms with Crippen LogP contribution in [0, 0.1) is 0 Å². The van der Waals surface area contributed by atoms with Crippen LogP contribution in [-0.4, -0.2) is 27.1 Å². The van der Waals surface area contributed by atoms with Crippen LogP contribution >= 0.6 is 23.2 Å². The van der Waals surface area contributed by atoms with E-state index in [0.29, 0.717) is 15.6 Å². The number of hydrogen-bond acceptors (Lipinski definition) is 4. The lowest BCUT2D eigenvalue weighted by Crippen LogP contribution is -2.31. The van der Waals surface area contributed by atoms with E-state index in [1.165, 1.54) is 24.4 Å². The molecular formula is C16H10Cl2N2O4. The fourth-order valence-electron chi connectivity index (χ4n) is 2.56. The molecule has 1 aliphatic heterocycles. The standard InChI is InChI=1S/C16H10Cl2N2O4/c17-9-3-1-2-8(6-9)13-12(16(23)24)14(21)15(22)20(13)11-5-4-10(18)7-19-11/h1-7,13,21H,(H,23,24). The van der Waals surface area contributed by atoms with Gasteiger partial charge in [0.05, 0.1) is 5.02 Å². The second-order valence-electron chi connectivity index (χ2n) is 5.03. The molecule has 2 N–H and O–H groups in total. The van der Waals surface area contributed by atoms with Gasteiger partial charge in [0.2, 0.25) is 0 Å². The molecule has 1 amide bonds. The molecule has 0 fully saturated rings. The number of aromatic nitrogens is 1. The molecule has 24 heavy (non-hydrogen) atoms. The van der Waals surface area contributed by atoms with Crippen molar-refractivity contribution >= 4 is 40.9 Å². The summed E-state index contributed by atoms with van der Waals surface area (Å²) >= 11 is 11.8. The third-order valence-corrected chi connectivity index (χ3v) is 4.02. The predicted octanol–water partition coefficient (Wildman–Crippen LogP) is 3.37. The van der Waals surface area contributed by atoms with Crippen LogP contribution in [0.2, 0.25) is 10.0 Å². The van der Waals surface area contributed by atoms with Gasteiger partial charge in [0, 0.05) is 11.2 Å². The normalized spacial score (nSPS) is 17.5. The van der Waals surface area contributed by atoms with Crippen molar-refractivity contribution in [2.75, 3.05) is 4.90 Å². The molecule has 0 saturated heterocycles. The molecule has 1 aliphatic rings. The van der Waals surface area contributed by atoms with Crippen LogP contribution in [0.3, 0.4) is 0 Å². The van der Waals surface area contributed by atoms with Crippen molar-refractivity contribution in [3.8, 4) is 0 Å². The Labute approximate surface area is 146 Å². The fourth-order valence-corrected chi connectivity index (χ4v) is 2.87. The lowest BCUT2D eigenvalue weighted by Gasteiger charge is -2.25. The van der Waals surface area contributed by atoms with Gasteiger partial charge < -0.3 is 10.2 Å². The van der Waals surface area contributed by atoms with Gasteiger partial charge in [0.25, 0.3) is 5.91 Å². The van der Waals surface area contributed by atoms with Gasteiger partial charge in [-0.25, -0.2) is 9.78 Å². The molecule has 1 aromatic carbocycles. The number of aliphatic hydroxyl groups excluding tert-OH is 1. The van der Waals surface area contributed by atoms with Crippen LogP contribution in [0.5, 0.6) is 0 Å². The first-order valence-electron chi connectivity index (χ1n) is 6.77. The number of carboxylic acids is 1. The van der Waals surface area contributed by atoms with Crippen molar-refractivity contribution in [1.82, 2.24) is 4.98 Å². The Morgan fingerprint density at radius 2 is 1.92 bits per heavy atom. The average molecular weight is 365 g/mol. The number of hydrogen-bond donors (Lipinski definition) is 2. The van der Waals surface area contributed by atoms with Crippen LogP contribution in [0.15, 0.2) is 53.9 Å². The summed E-state index contributed by atoms with van der Waals surface area (Å²) in [6, 6.07) is 8.33. The predicted molar refractivity (Wildman–Crippen MR) is 88.2 cm³/mol. The Morgan fingerprint density at radius 3 is 2.50 bits per heavy atom. The third kappa shape index (κ3) is 2.70. The van der Waals surface area contributed by atoms with E-state index in [-0.39, 0.29) is 5.82 Å². The Kier molecular flexibility index (Phi) is 4.17. The Balaban J connectivity index is 2.18. The summed E-state index contributed by atoms with van der Waals surface area (Å²) in [4.78, 5) is 29.2. The van der Waals surface area contributed by atoms with Gasteiger partial charge in [-0.05, 0) is 29.8 Å². The zero-order chi connectivity index (χ0) is 17.4. The number of nitrogens with zero attached hydrogens (tertiary/aromatic N) is 2. The molecule has 3 rings (SSSR count). The Morgan fingerprint density at radius 1 is 1.17 bits per heavy atom. The van der Waals surface area contributed by atoms with Crippen molar-refractivity contribution in [3.05, 3.63) is 69.5 Å². The van der Waals surface area contributed by atoms with Gasteiger partial charge in [0.1, 0.15) is 17.4 Å². The molecule has 8 heteroatoms. The lowest BCUT2D eigenvalue weighted by atomic mass is 9.99. The number of anilines is 1. The van der Waals surface area contributed by atoms with Gasteiger partial charge in [-0.3, -0.25) is 9.69 Å². The van der Waals surface area contributed by atoms with Gasteiger partial charge >= 0.3 is 5.97 Å². The van der Waals surface area contributed by atoms with E-state index >= 15 is 0 Å². The fraction of sp³-hybridized carbons (Fsp3) is 0.0625. The molecular weight excluding hydrogens is 355 g/mol. The van der Waals surface area contributed by atoms with Crippen molar-refractivity contribution in [3.63, 3.8) is 0 Å². The van der Waals surface area contributed by atoms with E-state index in [1.807, 2.05) is 0 Å². The monoisotopic (exact) mass is 364 g/mol. The van der Waals surface area contributed by atoms with Gasteiger partial charge in [-0.1, -0.05) is 35.3 Å². The first-order valence-corrected chi connectivity index (χ1v) is 7.52. The summed E-state index contributed by atoms with van der Waals surface area (Å²) in [6.07, 6.45) is 1.33. The molecule has 2 aromatic rings. The molecule has 122 valence electrons. The van der Waals surface area contributed by atoms with E-state index < -0.39 is 29.3 Å². The largest absolute Gasteiger partial charge is 0.503 e. The summed E-state index contributed by atoms with van der Waals surface area (Å²) in [7, 11) is 0. The molecule has 0 spiro atoms. The number of carboxylic acid groups (broad SMARTS) is 1. The highest BCUT2D eigenvalue weighted by Crippen LogP contribution is 2.40. The highest BCUT2D eigenvalue weighted by molar-refractivity contribution is 6.31. The van der Waals surface area contributed by atoms with Crippen LogP contribution < -0.4 is 4.90 Å². The number of aliphatic hydroxyl groups is 1. The topological polar surface area (TPSA) is 90.7 Å². The van der Waals surface area contributed by atoms with Crippen LogP contribution in [0.25, 0.3) is 0 Å². The molecule has 2 heterocycles. The van der Waals surface area contributed by atoms with Crippen LogP contribution in [0.1, 0.15) is 11.6 Å². The van der Waals surface area contributed by atoms with E-state index in [1.54, 1.807) is 18.2 Å². The smallest absolute Gasteiger partial charge is 0.338 e. The number of rotatable bonds is 3. The van der Waals surface area contributed by atoms with Crippen molar-refractivity contribution in [2.24, 2.45) is 0 Å². The lowest BCUT2D eigenvalue weighted by molar-refractivity contribution is -0.133. The highest BCUT2D eigenvalue weighted by atomic mass is 35.5. The number of amides is 1. The second kappa shape index (κ2) is 6.14. The minimum Gasteiger partial charge on any atom is -0.503 e. The van der Waals surface area contributed by atoms with Gasteiger partial charge in [-0.2, -0.15) is 0 Å². The number of carbonyl (C=O) groups excluding carboxylic acids is 1. The molecule has 0 saturated carbocycles. The van der Waals surface area contributed by atoms with Gasteiger partial charge in [-0.15, -0.1) is 0 Å². The summed E-state index contributed by atoms with van der Waals surface area (Å²) in [5.41, 5.74) is 0.00747. The van der Waals surface area contributed by atoms with Gasteiger partial charge in [0.15, 0.2) is 5.76 Å². The van der Waals surface area contributed by atoms with Crippen LogP contribution in [-0.2, 0) is 9.59 Å². The minimum atomic E-state index is -1.40. The number of carbonyl (C=O) groups is 2. The van der Waals surface area contributed by atoms with Crippen molar-refractivity contribution in [2.45, 2.75) is 6.04 Å². The SMILES string of the molecule is O=C(O)C1=C(O)C(=O)N(c2ccc(Cl)cn2)C1c1cccc(Cl)c1. The molecule has 1 atom stereocenters. The van der Waals surface area contributed by atoms with E-state index in [2.05, 4.69) is 4.98 Å². The number of aliphatic carboxylic acids is 1. The Hall–Kier alpha value is -2.57. The maximum atomic E-state index is 12.4. The average Bonchev–Trinajstić information content (AvgIpc) is 2.80. The molecule has 1 unspecified atom stereocenters. The summed E-state index contributed by atoms with van der Waals surface area (Å²) in [5.74, 6) is -2.92. The quantitative estimate of drug-likeness (QED) is 0.870. The zero-order valence-corrected chi connectivity index (χ0v) is 13.5. The Bertz CT molecular complexity index is 865.